The molecule has 1 fully saturated rings. The number of hydrogen-bond acceptors (Lipinski definition) is 4. The van der Waals surface area contributed by atoms with Gasteiger partial charge in [0.2, 0.25) is 17.8 Å². The van der Waals surface area contributed by atoms with Crippen molar-refractivity contribution < 1.29 is 30.8 Å². The first kappa shape index (κ1) is 21.6. The largest absolute Gasteiger partial charge is 0.344 e. The summed E-state index contributed by atoms with van der Waals surface area (Å²) in [5, 5.41) is 1.80. The number of carbonyl (C=O) groups is 1. The van der Waals surface area contributed by atoms with Crippen molar-refractivity contribution in [1.82, 2.24) is 9.55 Å². The molecule has 12 heteroatoms. The highest BCUT2D eigenvalue weighted by molar-refractivity contribution is 7.91. The van der Waals surface area contributed by atoms with Crippen LogP contribution in [0.1, 0.15) is 30.3 Å². The Morgan fingerprint density at radius 1 is 1.28 bits per heavy atom. The number of anilines is 1. The van der Waals surface area contributed by atoms with Gasteiger partial charge in [0.05, 0.1) is 16.5 Å². The van der Waals surface area contributed by atoms with Crippen LogP contribution in [0, 0.1) is 17.3 Å². The fourth-order valence-electron chi connectivity index (χ4n) is 3.61. The maximum atomic E-state index is 13.2. The van der Waals surface area contributed by atoms with Crippen molar-refractivity contribution in [2.45, 2.75) is 30.6 Å². The zero-order valence-corrected chi connectivity index (χ0v) is 16.8. The number of pyridine rings is 1. The Kier molecular flexibility index (Phi) is 5.19. The minimum Gasteiger partial charge on any atom is -0.344 e. The van der Waals surface area contributed by atoms with Gasteiger partial charge in [-0.2, -0.15) is 13.8 Å². The second kappa shape index (κ2) is 6.98. The van der Waals surface area contributed by atoms with Gasteiger partial charge in [-0.15, -0.1) is 0 Å². The molecule has 29 heavy (non-hydrogen) atoms. The minimum absolute atomic E-state index is 0.245. The van der Waals surface area contributed by atoms with Gasteiger partial charge in [-0.05, 0) is 5.41 Å². The van der Waals surface area contributed by atoms with Crippen LogP contribution in [-0.4, -0.2) is 35.6 Å². The van der Waals surface area contributed by atoms with E-state index in [0.29, 0.717) is 0 Å². The number of nitrogens with one attached hydrogen (secondary N) is 1. The van der Waals surface area contributed by atoms with E-state index in [1.165, 1.54) is 14.0 Å². The molecule has 1 aliphatic rings. The predicted molar refractivity (Wildman–Crippen MR) is 96.9 cm³/mol. The highest BCUT2D eigenvalue weighted by Crippen LogP contribution is 2.53. The van der Waals surface area contributed by atoms with Crippen molar-refractivity contribution in [3.05, 3.63) is 40.9 Å². The van der Waals surface area contributed by atoms with E-state index in [1.807, 2.05) is 0 Å². The fraction of sp³-hybridized carbons (Fsp3) is 0.412. The molecule has 2 aromatic rings. The molecule has 6 nitrogen and oxygen atoms in total. The Bertz CT molecular complexity index is 1070. The van der Waals surface area contributed by atoms with Gasteiger partial charge in [-0.3, -0.25) is 4.79 Å². The van der Waals surface area contributed by atoms with E-state index in [9.17, 15) is 30.8 Å². The highest BCUT2D eigenvalue weighted by atomic mass is 35.5. The van der Waals surface area contributed by atoms with E-state index in [0.717, 1.165) is 22.9 Å². The van der Waals surface area contributed by atoms with Crippen LogP contribution in [0.4, 0.5) is 23.2 Å². The quantitative estimate of drug-likeness (QED) is 0.551. The number of aromatic nitrogens is 2. The molecule has 0 unspecified atom stereocenters. The van der Waals surface area contributed by atoms with Gasteiger partial charge in [-0.25, -0.2) is 17.2 Å². The monoisotopic (exact) mass is 453 g/mol. The number of aryl methyl sites for hydroxylation is 1. The Hall–Kier alpha value is -2.14. The van der Waals surface area contributed by atoms with E-state index in [2.05, 4.69) is 10.3 Å². The van der Waals surface area contributed by atoms with Crippen LogP contribution in [-0.2, 0) is 16.9 Å². The predicted octanol–water partition coefficient (Wildman–Crippen LogP) is 3.81. The number of alkyl halides is 2. The Morgan fingerprint density at radius 3 is 2.34 bits per heavy atom. The smallest absolute Gasteiger partial charge is 0.273 e. The summed E-state index contributed by atoms with van der Waals surface area (Å²) in [6.07, 6.45) is -0.0210. The van der Waals surface area contributed by atoms with Gasteiger partial charge < -0.3 is 9.88 Å². The van der Waals surface area contributed by atoms with E-state index in [4.69, 9.17) is 11.6 Å². The number of halogens is 5. The molecule has 1 saturated carbocycles. The van der Waals surface area contributed by atoms with Crippen molar-refractivity contribution in [2.24, 2.45) is 12.5 Å². The first-order chi connectivity index (χ1) is 13.2. The topological polar surface area (TPSA) is 81.1 Å². The van der Waals surface area contributed by atoms with Crippen molar-refractivity contribution in [2.75, 3.05) is 11.1 Å². The fourth-order valence-corrected chi connectivity index (χ4v) is 6.19. The lowest BCUT2D eigenvalue weighted by Gasteiger charge is -2.44. The minimum atomic E-state index is -4.08. The van der Waals surface area contributed by atoms with Crippen molar-refractivity contribution in [3.63, 3.8) is 0 Å². The van der Waals surface area contributed by atoms with Crippen LogP contribution in [0.3, 0.4) is 0 Å². The lowest BCUT2D eigenvalue weighted by molar-refractivity contribution is -0.144. The Morgan fingerprint density at radius 2 is 1.83 bits per heavy atom. The number of nitrogens with zero attached hydrogens (tertiary/aromatic N) is 2. The summed E-state index contributed by atoms with van der Waals surface area (Å²) >= 11 is 6.11. The van der Waals surface area contributed by atoms with E-state index >= 15 is 0 Å². The molecule has 2 aromatic heterocycles. The summed E-state index contributed by atoms with van der Waals surface area (Å²) < 4.78 is 79.3. The summed E-state index contributed by atoms with van der Waals surface area (Å²) in [4.78, 5) is 15.0. The zero-order valence-electron chi connectivity index (χ0n) is 15.3. The summed E-state index contributed by atoms with van der Waals surface area (Å²) in [5.74, 6) is -6.68. The van der Waals surface area contributed by atoms with Crippen LogP contribution < -0.4 is 5.32 Å². The third-order valence-electron chi connectivity index (χ3n) is 4.57. The molecular weight excluding hydrogens is 438 g/mol. The number of rotatable bonds is 5. The lowest BCUT2D eigenvalue weighted by Crippen LogP contribution is -2.47. The molecule has 3 rings (SSSR count). The SMILES string of the molecule is Cn1cc(S(=O)(=O)CC2(C)CC(F)(F)C2)c(Cl)c1C(=O)Nc1cc(F)nc(F)c1. The van der Waals surface area contributed by atoms with E-state index in [1.54, 1.807) is 0 Å². The molecule has 2 heterocycles. The third kappa shape index (κ3) is 4.40. The van der Waals surface area contributed by atoms with E-state index in [-0.39, 0.29) is 16.3 Å². The second-order valence-electron chi connectivity index (χ2n) is 7.50. The average molecular weight is 454 g/mol. The molecular formula is C17H16ClF4N3O3S. The van der Waals surface area contributed by atoms with Crippen LogP contribution in [0.5, 0.6) is 0 Å². The molecule has 0 radical (unpaired) electrons. The van der Waals surface area contributed by atoms with Crippen LogP contribution in [0.2, 0.25) is 5.02 Å². The standard InChI is InChI=1S/C17H16ClF4N3O3S/c1-16(6-17(21,22)7-16)8-29(27,28)10-5-25(2)14(13(10)18)15(26)23-9-3-11(19)24-12(20)4-9/h3-5H,6-8H2,1-2H3,(H,23,24,26). The summed E-state index contributed by atoms with van der Waals surface area (Å²) in [6.45, 7) is 1.44. The van der Waals surface area contributed by atoms with Crippen LogP contribution in [0.15, 0.2) is 23.2 Å². The molecule has 1 N–H and O–H groups in total. The number of amides is 1. The van der Waals surface area contributed by atoms with Crippen molar-refractivity contribution >= 4 is 33.0 Å². The van der Waals surface area contributed by atoms with Gasteiger partial charge in [-0.1, -0.05) is 18.5 Å². The van der Waals surface area contributed by atoms with Crippen molar-refractivity contribution in [1.29, 1.82) is 0 Å². The number of sulfone groups is 1. The average Bonchev–Trinajstić information content (AvgIpc) is 2.78. The summed E-state index contributed by atoms with van der Waals surface area (Å²) in [5.41, 5.74) is -1.62. The molecule has 0 saturated heterocycles. The lowest BCUT2D eigenvalue weighted by atomic mass is 9.69. The van der Waals surface area contributed by atoms with Gasteiger partial charge >= 0.3 is 0 Å². The molecule has 1 amide bonds. The molecule has 158 valence electrons. The first-order valence-electron chi connectivity index (χ1n) is 8.31. The maximum absolute atomic E-state index is 13.2. The molecule has 0 atom stereocenters. The summed E-state index contributed by atoms with van der Waals surface area (Å²) in [6, 6.07) is 1.54. The number of carbonyl (C=O) groups excluding carboxylic acids is 1. The zero-order chi connectivity index (χ0) is 21.8. The molecule has 0 spiro atoms. The highest BCUT2D eigenvalue weighted by Gasteiger charge is 2.55. The molecule has 1 aliphatic carbocycles. The molecule has 0 aromatic carbocycles. The molecule has 0 bridgehead atoms. The third-order valence-corrected chi connectivity index (χ3v) is 7.12. The second-order valence-corrected chi connectivity index (χ2v) is 9.84. The maximum Gasteiger partial charge on any atom is 0.273 e. The Labute approximate surface area is 168 Å². The Balaban J connectivity index is 1.87. The normalized spacial score (nSPS) is 17.6. The van der Waals surface area contributed by atoms with Crippen LogP contribution in [0.25, 0.3) is 0 Å². The van der Waals surface area contributed by atoms with Gasteiger partial charge in [0.1, 0.15) is 10.6 Å². The van der Waals surface area contributed by atoms with E-state index < -0.39 is 62.6 Å². The van der Waals surface area contributed by atoms with Gasteiger partial charge in [0.25, 0.3) is 5.91 Å². The number of hydrogen-bond donors (Lipinski definition) is 1. The van der Waals surface area contributed by atoms with Gasteiger partial charge in [0.15, 0.2) is 9.84 Å². The van der Waals surface area contributed by atoms with Crippen molar-refractivity contribution in [3.8, 4) is 0 Å². The van der Waals surface area contributed by atoms with Gasteiger partial charge in [0, 0.05) is 38.2 Å². The van der Waals surface area contributed by atoms with Crippen LogP contribution >= 0.6 is 11.6 Å². The molecule has 0 aliphatic heterocycles. The first-order valence-corrected chi connectivity index (χ1v) is 10.3. The summed E-state index contributed by atoms with van der Waals surface area (Å²) in [7, 11) is -2.72.